The van der Waals surface area contributed by atoms with Gasteiger partial charge in [-0.1, -0.05) is 40.9 Å². The second-order valence-corrected chi connectivity index (χ2v) is 9.79. The molecule has 2 amide bonds. The lowest BCUT2D eigenvalue weighted by Gasteiger charge is -2.11. The Labute approximate surface area is 194 Å². The van der Waals surface area contributed by atoms with E-state index in [2.05, 4.69) is 10.6 Å². The third kappa shape index (κ3) is 5.77. The highest BCUT2D eigenvalue weighted by atomic mass is 35.5. The Morgan fingerprint density at radius 3 is 2.23 bits per heavy atom. The minimum atomic E-state index is -3.45. The maximum Gasteiger partial charge on any atom is 0.257 e. The van der Waals surface area contributed by atoms with Crippen LogP contribution in [0, 0.1) is 0 Å². The molecule has 0 heterocycles. The molecule has 0 aromatic heterocycles. The minimum absolute atomic E-state index is 0.0315. The van der Waals surface area contributed by atoms with Gasteiger partial charge in [0.05, 0.1) is 26.2 Å². The van der Waals surface area contributed by atoms with Crippen LogP contribution in [0.2, 0.25) is 15.1 Å². The van der Waals surface area contributed by atoms with E-state index in [9.17, 15) is 18.0 Å². The van der Waals surface area contributed by atoms with Gasteiger partial charge in [0.25, 0.3) is 11.8 Å². The monoisotopic (exact) mass is 496 g/mol. The van der Waals surface area contributed by atoms with E-state index in [1.165, 1.54) is 48.5 Å². The summed E-state index contributed by atoms with van der Waals surface area (Å²) in [4.78, 5) is 25.0. The molecule has 0 aliphatic heterocycles. The Morgan fingerprint density at radius 1 is 0.806 bits per heavy atom. The highest BCUT2D eigenvalue weighted by Gasteiger charge is 2.15. The van der Waals surface area contributed by atoms with Gasteiger partial charge in [0.2, 0.25) is 0 Å². The molecule has 3 aromatic carbocycles. The van der Waals surface area contributed by atoms with Gasteiger partial charge in [0.1, 0.15) is 0 Å². The van der Waals surface area contributed by atoms with Crippen LogP contribution in [0.4, 0.5) is 11.4 Å². The van der Waals surface area contributed by atoms with Crippen LogP contribution in [0.3, 0.4) is 0 Å². The zero-order valence-corrected chi connectivity index (χ0v) is 19.0. The number of rotatable bonds is 5. The van der Waals surface area contributed by atoms with Gasteiger partial charge in [-0.15, -0.1) is 0 Å². The van der Waals surface area contributed by atoms with E-state index in [1.54, 1.807) is 12.1 Å². The number of amides is 2. The Morgan fingerprint density at radius 2 is 1.55 bits per heavy atom. The first-order valence-corrected chi connectivity index (χ1v) is 11.7. The molecular weight excluding hydrogens is 483 g/mol. The molecule has 0 saturated carbocycles. The van der Waals surface area contributed by atoms with Crippen molar-refractivity contribution in [3.8, 4) is 0 Å². The van der Waals surface area contributed by atoms with Crippen molar-refractivity contribution in [2.45, 2.75) is 4.90 Å². The Bertz CT molecular complexity index is 1290. The number of halogens is 3. The van der Waals surface area contributed by atoms with Gasteiger partial charge < -0.3 is 10.6 Å². The maximum atomic E-state index is 12.5. The number of carbonyl (C=O) groups is 2. The molecule has 0 radical (unpaired) electrons. The lowest BCUT2D eigenvalue weighted by molar-refractivity contribution is 0.101. The average molecular weight is 498 g/mol. The quantitative estimate of drug-likeness (QED) is 0.483. The normalized spacial score (nSPS) is 11.1. The molecule has 10 heteroatoms. The number of anilines is 2. The zero-order valence-electron chi connectivity index (χ0n) is 15.9. The fraction of sp³-hybridized carbons (Fsp3) is 0.0476. The first-order valence-electron chi connectivity index (χ1n) is 8.72. The smallest absolute Gasteiger partial charge is 0.257 e. The molecule has 6 nitrogen and oxygen atoms in total. The van der Waals surface area contributed by atoms with Crippen molar-refractivity contribution in [3.63, 3.8) is 0 Å². The average Bonchev–Trinajstić information content (AvgIpc) is 2.71. The van der Waals surface area contributed by atoms with Crippen molar-refractivity contribution in [2.75, 3.05) is 16.9 Å². The Kier molecular flexibility index (Phi) is 6.91. The van der Waals surface area contributed by atoms with Gasteiger partial charge in [-0.2, -0.15) is 0 Å². The number of hydrogen-bond acceptors (Lipinski definition) is 4. The van der Waals surface area contributed by atoms with Crippen LogP contribution in [0.1, 0.15) is 20.7 Å². The molecule has 0 spiro atoms. The predicted octanol–water partition coefficient (Wildman–Crippen LogP) is 5.55. The van der Waals surface area contributed by atoms with Crippen molar-refractivity contribution in [3.05, 3.63) is 86.9 Å². The summed E-state index contributed by atoms with van der Waals surface area (Å²) in [6.07, 6.45) is 1.06. The minimum Gasteiger partial charge on any atom is -0.322 e. The predicted molar refractivity (Wildman–Crippen MR) is 123 cm³/mol. The van der Waals surface area contributed by atoms with Crippen molar-refractivity contribution in [2.24, 2.45) is 0 Å². The van der Waals surface area contributed by atoms with Crippen molar-refractivity contribution >= 4 is 67.8 Å². The third-order valence-corrected chi connectivity index (χ3v) is 6.16. The highest BCUT2D eigenvalue weighted by molar-refractivity contribution is 7.90. The van der Waals surface area contributed by atoms with Gasteiger partial charge in [-0.25, -0.2) is 8.42 Å². The molecule has 160 valence electrons. The van der Waals surface area contributed by atoms with Gasteiger partial charge in [-0.3, -0.25) is 9.59 Å². The van der Waals surface area contributed by atoms with Crippen LogP contribution in [-0.4, -0.2) is 26.5 Å². The first-order chi connectivity index (χ1) is 14.5. The van der Waals surface area contributed by atoms with E-state index in [0.29, 0.717) is 10.7 Å². The van der Waals surface area contributed by atoms with E-state index >= 15 is 0 Å². The topological polar surface area (TPSA) is 92.3 Å². The molecule has 0 aliphatic carbocycles. The lowest BCUT2D eigenvalue weighted by atomic mass is 10.2. The van der Waals surface area contributed by atoms with Crippen LogP contribution >= 0.6 is 34.8 Å². The van der Waals surface area contributed by atoms with E-state index in [-0.39, 0.29) is 31.8 Å². The van der Waals surface area contributed by atoms with Crippen molar-refractivity contribution in [1.29, 1.82) is 0 Å². The third-order valence-electron chi connectivity index (χ3n) is 4.17. The molecule has 0 saturated heterocycles. The van der Waals surface area contributed by atoms with Gasteiger partial charge in [0.15, 0.2) is 9.84 Å². The highest BCUT2D eigenvalue weighted by Crippen LogP contribution is 2.28. The van der Waals surface area contributed by atoms with E-state index < -0.39 is 21.7 Å². The van der Waals surface area contributed by atoms with Crippen LogP contribution in [0.15, 0.2) is 65.6 Å². The summed E-state index contributed by atoms with van der Waals surface area (Å²) >= 11 is 18.2. The number of carbonyl (C=O) groups excluding carboxylic acids is 2. The molecular formula is C21H15Cl3N2O4S. The number of nitrogens with one attached hydrogen (secondary N) is 2. The lowest BCUT2D eigenvalue weighted by Crippen LogP contribution is -2.14. The number of benzene rings is 3. The largest absolute Gasteiger partial charge is 0.322 e. The zero-order chi connectivity index (χ0) is 22.8. The fourth-order valence-electron chi connectivity index (χ4n) is 2.63. The van der Waals surface area contributed by atoms with E-state index in [0.717, 1.165) is 6.26 Å². The standard InChI is InChI=1S/C21H15Cl3N2O4S/c1-31(29,30)15-4-2-3-12(9-15)20(27)26-19-8-6-14(11-18(19)24)25-21(28)16-10-13(22)5-7-17(16)23/h2-11H,1H3,(H,25,28)(H,26,27). The van der Waals surface area contributed by atoms with Crippen LogP contribution < -0.4 is 10.6 Å². The number of hydrogen-bond donors (Lipinski definition) is 2. The van der Waals surface area contributed by atoms with Crippen LogP contribution in [0.5, 0.6) is 0 Å². The molecule has 0 bridgehead atoms. The molecule has 3 aromatic rings. The fourth-order valence-corrected chi connectivity index (χ4v) is 3.90. The summed E-state index contributed by atoms with van der Waals surface area (Å²) in [5.41, 5.74) is 1.03. The SMILES string of the molecule is CS(=O)(=O)c1cccc(C(=O)Nc2ccc(NC(=O)c3cc(Cl)ccc3Cl)cc2Cl)c1. The van der Waals surface area contributed by atoms with Crippen LogP contribution in [-0.2, 0) is 9.84 Å². The Hall–Kier alpha value is -2.58. The molecule has 0 unspecified atom stereocenters. The molecule has 2 N–H and O–H groups in total. The summed E-state index contributed by atoms with van der Waals surface area (Å²) in [6, 6.07) is 14.7. The summed E-state index contributed by atoms with van der Waals surface area (Å²) < 4.78 is 23.4. The summed E-state index contributed by atoms with van der Waals surface area (Å²) in [5.74, 6) is -1.01. The molecule has 0 fully saturated rings. The van der Waals surface area contributed by atoms with Gasteiger partial charge >= 0.3 is 0 Å². The second kappa shape index (κ2) is 9.28. The first kappa shape index (κ1) is 23.1. The Balaban J connectivity index is 1.76. The van der Waals surface area contributed by atoms with Gasteiger partial charge in [-0.05, 0) is 54.6 Å². The van der Waals surface area contributed by atoms with E-state index in [1.807, 2.05) is 0 Å². The number of sulfone groups is 1. The van der Waals surface area contributed by atoms with Crippen molar-refractivity contribution in [1.82, 2.24) is 0 Å². The van der Waals surface area contributed by atoms with Gasteiger partial charge in [0, 0.05) is 22.5 Å². The maximum absolute atomic E-state index is 12.5. The summed E-state index contributed by atoms with van der Waals surface area (Å²) in [5, 5.41) is 6.05. The molecule has 31 heavy (non-hydrogen) atoms. The summed E-state index contributed by atoms with van der Waals surface area (Å²) in [7, 11) is -3.45. The summed E-state index contributed by atoms with van der Waals surface area (Å²) in [6.45, 7) is 0. The van der Waals surface area contributed by atoms with E-state index in [4.69, 9.17) is 34.8 Å². The second-order valence-electron chi connectivity index (χ2n) is 6.53. The molecule has 0 aliphatic rings. The molecule has 3 rings (SSSR count). The molecule has 0 atom stereocenters. The van der Waals surface area contributed by atoms with Crippen LogP contribution in [0.25, 0.3) is 0 Å². The van der Waals surface area contributed by atoms with Crippen molar-refractivity contribution < 1.29 is 18.0 Å².